The van der Waals surface area contributed by atoms with E-state index in [1.54, 1.807) is 31.2 Å². The second kappa shape index (κ2) is 6.11. The number of methoxy groups -OCH3 is 1. The van der Waals surface area contributed by atoms with Gasteiger partial charge in [-0.1, -0.05) is 23.2 Å². The lowest BCUT2D eigenvalue weighted by molar-refractivity contribution is 0.102. The first-order chi connectivity index (χ1) is 9.51. The molecule has 0 radical (unpaired) electrons. The number of nitrogens with one attached hydrogen (secondary N) is 1. The summed E-state index contributed by atoms with van der Waals surface area (Å²) in [6, 6.07) is 6.61. The molecule has 0 bridgehead atoms. The number of hydrogen-bond donors (Lipinski definition) is 1. The van der Waals surface area contributed by atoms with Crippen LogP contribution in [-0.2, 0) is 0 Å². The zero-order valence-electron chi connectivity index (χ0n) is 10.9. The molecule has 0 fully saturated rings. The van der Waals surface area contributed by atoms with E-state index in [1.807, 2.05) is 0 Å². The van der Waals surface area contributed by atoms with Crippen LogP contribution in [0.1, 0.15) is 16.1 Å². The van der Waals surface area contributed by atoms with Crippen molar-refractivity contribution in [1.29, 1.82) is 0 Å². The van der Waals surface area contributed by atoms with Crippen molar-refractivity contribution in [2.24, 2.45) is 0 Å². The van der Waals surface area contributed by atoms with Crippen LogP contribution in [-0.4, -0.2) is 18.0 Å². The number of rotatable bonds is 3. The summed E-state index contributed by atoms with van der Waals surface area (Å²) in [5, 5.41) is 3.48. The molecule has 0 saturated carbocycles. The highest BCUT2D eigenvalue weighted by molar-refractivity contribution is 6.34. The van der Waals surface area contributed by atoms with Crippen LogP contribution >= 0.6 is 23.2 Å². The number of aryl methyl sites for hydroxylation is 1. The zero-order chi connectivity index (χ0) is 14.7. The number of carbonyl (C=O) groups excluding carboxylic acids is 1. The molecule has 1 heterocycles. The molecule has 1 aromatic carbocycles. The second-order valence-electron chi connectivity index (χ2n) is 4.11. The van der Waals surface area contributed by atoms with Gasteiger partial charge in [0.05, 0.1) is 22.7 Å². The third kappa shape index (κ3) is 3.21. The Balaban J connectivity index is 2.21. The van der Waals surface area contributed by atoms with E-state index in [1.165, 1.54) is 13.3 Å². The maximum Gasteiger partial charge on any atom is 0.258 e. The monoisotopic (exact) mass is 310 g/mol. The standard InChI is InChI=1S/C14H12Cl2N2O2/c1-8-5-11(15)10(7-17-8)14(19)18-9-3-4-13(20-2)12(16)6-9/h3-7H,1-2H3,(H,18,19). The minimum atomic E-state index is -0.344. The third-order valence-corrected chi connectivity index (χ3v) is 3.25. The van der Waals surface area contributed by atoms with E-state index in [0.29, 0.717) is 27.0 Å². The van der Waals surface area contributed by atoms with Gasteiger partial charge in [0.2, 0.25) is 0 Å². The Morgan fingerprint density at radius 3 is 2.60 bits per heavy atom. The molecule has 0 aliphatic heterocycles. The van der Waals surface area contributed by atoms with Gasteiger partial charge in [0.15, 0.2) is 0 Å². The molecule has 1 aromatic heterocycles. The fourth-order valence-corrected chi connectivity index (χ4v) is 2.19. The first kappa shape index (κ1) is 14.6. The quantitative estimate of drug-likeness (QED) is 0.933. The average Bonchev–Trinajstić information content (AvgIpc) is 2.38. The van der Waals surface area contributed by atoms with Crippen molar-refractivity contribution in [3.63, 3.8) is 0 Å². The molecule has 2 rings (SSSR count). The molecule has 20 heavy (non-hydrogen) atoms. The van der Waals surface area contributed by atoms with Crippen LogP contribution in [0.2, 0.25) is 10.0 Å². The highest BCUT2D eigenvalue weighted by Crippen LogP contribution is 2.27. The summed E-state index contributed by atoms with van der Waals surface area (Å²) in [6.45, 7) is 1.80. The molecular formula is C14H12Cl2N2O2. The summed E-state index contributed by atoms with van der Waals surface area (Å²) in [6.07, 6.45) is 1.44. The number of anilines is 1. The minimum Gasteiger partial charge on any atom is -0.495 e. The smallest absolute Gasteiger partial charge is 0.258 e. The van der Waals surface area contributed by atoms with E-state index in [0.717, 1.165) is 5.69 Å². The largest absolute Gasteiger partial charge is 0.495 e. The Kier molecular flexibility index (Phi) is 4.47. The Bertz CT molecular complexity index is 660. The molecule has 1 N–H and O–H groups in total. The number of benzene rings is 1. The molecule has 0 saturated heterocycles. The number of halogens is 2. The van der Waals surface area contributed by atoms with Crippen LogP contribution in [0.4, 0.5) is 5.69 Å². The zero-order valence-corrected chi connectivity index (χ0v) is 12.4. The van der Waals surface area contributed by atoms with E-state index in [-0.39, 0.29) is 5.91 Å². The Hall–Kier alpha value is -1.78. The SMILES string of the molecule is COc1ccc(NC(=O)c2cnc(C)cc2Cl)cc1Cl. The van der Waals surface area contributed by atoms with Crippen LogP contribution < -0.4 is 10.1 Å². The Labute approximate surface area is 126 Å². The molecule has 0 aliphatic rings. The molecule has 2 aromatic rings. The summed E-state index contributed by atoms with van der Waals surface area (Å²) in [4.78, 5) is 16.2. The van der Waals surface area contributed by atoms with Crippen molar-refractivity contribution >= 4 is 34.8 Å². The van der Waals surface area contributed by atoms with E-state index >= 15 is 0 Å². The van der Waals surface area contributed by atoms with Crippen LogP contribution in [0.5, 0.6) is 5.75 Å². The molecular weight excluding hydrogens is 299 g/mol. The first-order valence-electron chi connectivity index (χ1n) is 5.78. The molecule has 1 amide bonds. The predicted molar refractivity (Wildman–Crippen MR) is 79.9 cm³/mol. The fourth-order valence-electron chi connectivity index (χ4n) is 1.64. The summed E-state index contributed by atoms with van der Waals surface area (Å²) in [5.74, 6) is 0.198. The van der Waals surface area contributed by atoms with E-state index in [4.69, 9.17) is 27.9 Å². The van der Waals surface area contributed by atoms with Crippen molar-refractivity contribution in [1.82, 2.24) is 4.98 Å². The van der Waals surface area contributed by atoms with Crippen molar-refractivity contribution in [2.75, 3.05) is 12.4 Å². The fraction of sp³-hybridized carbons (Fsp3) is 0.143. The molecule has 0 aliphatic carbocycles. The summed E-state index contributed by atoms with van der Waals surface area (Å²) < 4.78 is 5.05. The van der Waals surface area contributed by atoms with Gasteiger partial charge in [0.1, 0.15) is 5.75 Å². The van der Waals surface area contributed by atoms with Gasteiger partial charge in [-0.3, -0.25) is 9.78 Å². The van der Waals surface area contributed by atoms with Gasteiger partial charge >= 0.3 is 0 Å². The second-order valence-corrected chi connectivity index (χ2v) is 4.92. The van der Waals surface area contributed by atoms with Gasteiger partial charge in [-0.2, -0.15) is 0 Å². The van der Waals surface area contributed by atoms with Crippen LogP contribution in [0.25, 0.3) is 0 Å². The van der Waals surface area contributed by atoms with Gasteiger partial charge in [-0.05, 0) is 31.2 Å². The predicted octanol–water partition coefficient (Wildman–Crippen LogP) is 3.96. The topological polar surface area (TPSA) is 51.2 Å². The molecule has 6 heteroatoms. The average molecular weight is 311 g/mol. The normalized spacial score (nSPS) is 10.2. The summed E-state index contributed by atoms with van der Waals surface area (Å²) in [7, 11) is 1.53. The van der Waals surface area contributed by atoms with Gasteiger partial charge < -0.3 is 10.1 Å². The maximum atomic E-state index is 12.1. The highest BCUT2D eigenvalue weighted by Gasteiger charge is 2.12. The van der Waals surface area contributed by atoms with Gasteiger partial charge in [0, 0.05) is 17.6 Å². The summed E-state index contributed by atoms with van der Waals surface area (Å²) in [5.41, 5.74) is 1.61. The third-order valence-electron chi connectivity index (χ3n) is 2.64. The van der Waals surface area contributed by atoms with E-state index in [9.17, 15) is 4.79 Å². The highest BCUT2D eigenvalue weighted by atomic mass is 35.5. The molecule has 0 unspecified atom stereocenters. The maximum absolute atomic E-state index is 12.1. The molecule has 104 valence electrons. The van der Waals surface area contributed by atoms with Gasteiger partial charge in [0.25, 0.3) is 5.91 Å². The van der Waals surface area contributed by atoms with Crippen molar-refractivity contribution < 1.29 is 9.53 Å². The summed E-state index contributed by atoms with van der Waals surface area (Å²) >= 11 is 12.0. The number of aromatic nitrogens is 1. The number of hydrogen-bond acceptors (Lipinski definition) is 3. The number of amides is 1. The van der Waals surface area contributed by atoms with Crippen molar-refractivity contribution in [2.45, 2.75) is 6.92 Å². The number of carbonyl (C=O) groups is 1. The Morgan fingerprint density at radius 1 is 1.25 bits per heavy atom. The van der Waals surface area contributed by atoms with Gasteiger partial charge in [-0.25, -0.2) is 0 Å². The van der Waals surface area contributed by atoms with Crippen molar-refractivity contribution in [3.05, 3.63) is 51.8 Å². The van der Waals surface area contributed by atoms with Crippen LogP contribution in [0.3, 0.4) is 0 Å². The van der Waals surface area contributed by atoms with Gasteiger partial charge in [-0.15, -0.1) is 0 Å². The lowest BCUT2D eigenvalue weighted by Crippen LogP contribution is -2.13. The molecule has 0 atom stereocenters. The van der Waals surface area contributed by atoms with E-state index < -0.39 is 0 Å². The lowest BCUT2D eigenvalue weighted by atomic mass is 10.2. The number of pyridine rings is 1. The number of ether oxygens (including phenoxy) is 1. The van der Waals surface area contributed by atoms with Crippen LogP contribution in [0.15, 0.2) is 30.5 Å². The van der Waals surface area contributed by atoms with Crippen molar-refractivity contribution in [3.8, 4) is 5.75 Å². The van der Waals surface area contributed by atoms with Crippen LogP contribution in [0, 0.1) is 6.92 Å². The van der Waals surface area contributed by atoms with E-state index in [2.05, 4.69) is 10.3 Å². The first-order valence-corrected chi connectivity index (χ1v) is 6.54. The number of nitrogens with zero attached hydrogens (tertiary/aromatic N) is 1. The lowest BCUT2D eigenvalue weighted by Gasteiger charge is -2.09. The Morgan fingerprint density at radius 2 is 2.00 bits per heavy atom. The minimum absolute atomic E-state index is 0.309. The molecule has 0 spiro atoms. The molecule has 4 nitrogen and oxygen atoms in total.